The van der Waals surface area contributed by atoms with E-state index in [-0.39, 0.29) is 18.9 Å². The van der Waals surface area contributed by atoms with Gasteiger partial charge in [0.2, 0.25) is 5.91 Å². The van der Waals surface area contributed by atoms with Crippen LogP contribution in [0.15, 0.2) is 6.07 Å². The summed E-state index contributed by atoms with van der Waals surface area (Å²) in [5, 5.41) is 3.52. The topological polar surface area (TPSA) is 72.9 Å². The highest BCUT2D eigenvalue weighted by Crippen LogP contribution is 2.42. The summed E-state index contributed by atoms with van der Waals surface area (Å²) < 4.78 is 38.9. The number of nitrogens with zero attached hydrogens (tertiary/aromatic N) is 2. The number of nitrogens with two attached hydrogens (primary N) is 1. The average molecular weight is 262 g/mol. The normalized spacial score (nSPS) is 15.8. The molecule has 0 radical (unpaired) electrons. The molecule has 0 saturated heterocycles. The number of hydrogen-bond donors (Lipinski definition) is 2. The van der Waals surface area contributed by atoms with Crippen LogP contribution in [0.1, 0.15) is 36.6 Å². The quantitative estimate of drug-likeness (QED) is 0.486. The molecule has 1 heterocycles. The molecule has 5 nitrogen and oxygen atoms in total. The number of rotatable bonds is 4. The first-order chi connectivity index (χ1) is 8.41. The molecule has 3 N–H and O–H groups in total. The lowest BCUT2D eigenvalue weighted by molar-refractivity contribution is -0.141. The van der Waals surface area contributed by atoms with Crippen LogP contribution in [0.4, 0.5) is 13.2 Å². The van der Waals surface area contributed by atoms with Crippen LogP contribution in [0.5, 0.6) is 0 Å². The molecular weight excluding hydrogens is 249 g/mol. The van der Waals surface area contributed by atoms with Gasteiger partial charge in [0.25, 0.3) is 0 Å². The SMILES string of the molecule is NNC(=O)CCn1nc(C(F)(F)F)cc1C1CC1. The van der Waals surface area contributed by atoms with E-state index in [1.807, 2.05) is 5.43 Å². The Labute approximate surface area is 101 Å². The summed E-state index contributed by atoms with van der Waals surface area (Å²) in [6.45, 7) is 0.102. The summed E-state index contributed by atoms with van der Waals surface area (Å²) in [4.78, 5) is 11.0. The highest BCUT2D eigenvalue weighted by atomic mass is 19.4. The van der Waals surface area contributed by atoms with Crippen LogP contribution in [-0.4, -0.2) is 15.7 Å². The molecule has 18 heavy (non-hydrogen) atoms. The van der Waals surface area contributed by atoms with E-state index in [0.29, 0.717) is 5.69 Å². The van der Waals surface area contributed by atoms with Crippen LogP contribution >= 0.6 is 0 Å². The van der Waals surface area contributed by atoms with Crippen molar-refractivity contribution in [1.82, 2.24) is 15.2 Å². The Morgan fingerprint density at radius 2 is 2.22 bits per heavy atom. The summed E-state index contributed by atoms with van der Waals surface area (Å²) >= 11 is 0. The molecule has 1 fully saturated rings. The predicted octanol–water partition coefficient (Wildman–Crippen LogP) is 1.16. The second kappa shape index (κ2) is 4.60. The van der Waals surface area contributed by atoms with E-state index >= 15 is 0 Å². The van der Waals surface area contributed by atoms with Crippen molar-refractivity contribution in [2.75, 3.05) is 0 Å². The van der Waals surface area contributed by atoms with Crippen molar-refractivity contribution < 1.29 is 18.0 Å². The van der Waals surface area contributed by atoms with Crippen LogP contribution in [-0.2, 0) is 17.5 Å². The summed E-state index contributed by atoms with van der Waals surface area (Å²) in [6.07, 6.45) is -2.71. The van der Waals surface area contributed by atoms with Gasteiger partial charge in [-0.15, -0.1) is 0 Å². The second-order valence-corrected chi connectivity index (χ2v) is 4.27. The maximum absolute atomic E-state index is 12.6. The van der Waals surface area contributed by atoms with Crippen molar-refractivity contribution in [3.05, 3.63) is 17.5 Å². The third-order valence-corrected chi connectivity index (χ3v) is 2.81. The zero-order chi connectivity index (χ0) is 13.3. The molecule has 1 saturated carbocycles. The van der Waals surface area contributed by atoms with E-state index in [1.165, 1.54) is 4.68 Å². The van der Waals surface area contributed by atoms with Crippen LogP contribution in [0.2, 0.25) is 0 Å². The third-order valence-electron chi connectivity index (χ3n) is 2.81. The molecule has 1 aromatic rings. The summed E-state index contributed by atoms with van der Waals surface area (Å²) in [6, 6.07) is 1.07. The zero-order valence-electron chi connectivity index (χ0n) is 9.50. The largest absolute Gasteiger partial charge is 0.435 e. The van der Waals surface area contributed by atoms with E-state index < -0.39 is 17.8 Å². The molecule has 1 amide bonds. The fourth-order valence-corrected chi connectivity index (χ4v) is 1.74. The number of carbonyl (C=O) groups excluding carboxylic acids is 1. The molecular formula is C10H13F3N4O. The van der Waals surface area contributed by atoms with Gasteiger partial charge in [-0.25, -0.2) is 5.84 Å². The minimum atomic E-state index is -4.45. The number of aromatic nitrogens is 2. The van der Waals surface area contributed by atoms with E-state index in [9.17, 15) is 18.0 Å². The number of hydrogen-bond acceptors (Lipinski definition) is 3. The molecule has 1 aliphatic carbocycles. The van der Waals surface area contributed by atoms with Gasteiger partial charge in [-0.05, 0) is 18.9 Å². The van der Waals surface area contributed by atoms with Gasteiger partial charge in [-0.1, -0.05) is 0 Å². The van der Waals surface area contributed by atoms with Crippen LogP contribution < -0.4 is 11.3 Å². The van der Waals surface area contributed by atoms with Crippen LogP contribution in [0.25, 0.3) is 0 Å². The number of nitrogens with one attached hydrogen (secondary N) is 1. The zero-order valence-corrected chi connectivity index (χ0v) is 9.50. The minimum absolute atomic E-state index is 0.00912. The Hall–Kier alpha value is -1.57. The first-order valence-electron chi connectivity index (χ1n) is 5.56. The summed E-state index contributed by atoms with van der Waals surface area (Å²) in [5.74, 6) is 4.62. The molecule has 0 atom stereocenters. The molecule has 8 heteroatoms. The number of carbonyl (C=O) groups is 1. The molecule has 1 aliphatic rings. The number of hydrazine groups is 1. The fourth-order valence-electron chi connectivity index (χ4n) is 1.74. The Bertz CT molecular complexity index is 450. The van der Waals surface area contributed by atoms with Gasteiger partial charge < -0.3 is 0 Å². The second-order valence-electron chi connectivity index (χ2n) is 4.27. The molecule has 2 rings (SSSR count). The molecule has 100 valence electrons. The molecule has 1 aromatic heterocycles. The van der Waals surface area contributed by atoms with E-state index in [1.54, 1.807) is 0 Å². The number of halogens is 3. The first kappa shape index (κ1) is 12.9. The monoisotopic (exact) mass is 262 g/mol. The van der Waals surface area contributed by atoms with Crippen molar-refractivity contribution in [1.29, 1.82) is 0 Å². The van der Waals surface area contributed by atoms with Gasteiger partial charge >= 0.3 is 6.18 Å². The van der Waals surface area contributed by atoms with Crippen LogP contribution in [0, 0.1) is 0 Å². The van der Waals surface area contributed by atoms with Gasteiger partial charge in [-0.2, -0.15) is 18.3 Å². The standard InChI is InChI=1S/C10H13F3N4O/c11-10(12,13)8-5-7(6-1-2-6)17(16-8)4-3-9(18)15-14/h5-6H,1-4,14H2,(H,15,18). The van der Waals surface area contributed by atoms with E-state index in [0.717, 1.165) is 18.9 Å². The van der Waals surface area contributed by atoms with E-state index in [4.69, 9.17) is 5.84 Å². The van der Waals surface area contributed by atoms with Crippen molar-refractivity contribution >= 4 is 5.91 Å². The van der Waals surface area contributed by atoms with Crippen molar-refractivity contribution in [2.45, 2.75) is 37.9 Å². The Kier molecular flexibility index (Phi) is 3.29. The highest BCUT2D eigenvalue weighted by Gasteiger charge is 2.37. The summed E-state index contributed by atoms with van der Waals surface area (Å²) in [5.41, 5.74) is 1.58. The van der Waals surface area contributed by atoms with Gasteiger partial charge in [0.1, 0.15) is 0 Å². The summed E-state index contributed by atoms with van der Waals surface area (Å²) in [7, 11) is 0. The maximum Gasteiger partial charge on any atom is 0.435 e. The Morgan fingerprint density at radius 1 is 1.56 bits per heavy atom. The van der Waals surface area contributed by atoms with Crippen molar-refractivity contribution in [3.8, 4) is 0 Å². The average Bonchev–Trinajstić information content (AvgIpc) is 3.04. The molecule has 0 unspecified atom stereocenters. The molecule has 0 spiro atoms. The molecule has 0 aromatic carbocycles. The predicted molar refractivity (Wildman–Crippen MR) is 56.2 cm³/mol. The minimum Gasteiger partial charge on any atom is -0.294 e. The lowest BCUT2D eigenvalue weighted by Crippen LogP contribution is -2.30. The molecule has 0 bridgehead atoms. The Balaban J connectivity index is 2.16. The fraction of sp³-hybridized carbons (Fsp3) is 0.600. The number of aryl methyl sites for hydroxylation is 1. The first-order valence-corrected chi connectivity index (χ1v) is 5.56. The number of amides is 1. The smallest absolute Gasteiger partial charge is 0.294 e. The lowest BCUT2D eigenvalue weighted by Gasteiger charge is -2.05. The van der Waals surface area contributed by atoms with Crippen molar-refractivity contribution in [2.24, 2.45) is 5.84 Å². The van der Waals surface area contributed by atoms with Gasteiger partial charge in [0.15, 0.2) is 5.69 Å². The van der Waals surface area contributed by atoms with Crippen molar-refractivity contribution in [3.63, 3.8) is 0 Å². The van der Waals surface area contributed by atoms with Gasteiger partial charge in [-0.3, -0.25) is 14.9 Å². The van der Waals surface area contributed by atoms with Gasteiger partial charge in [0.05, 0.1) is 6.54 Å². The van der Waals surface area contributed by atoms with E-state index in [2.05, 4.69) is 5.10 Å². The Morgan fingerprint density at radius 3 is 2.72 bits per heavy atom. The molecule has 0 aliphatic heterocycles. The maximum atomic E-state index is 12.6. The third kappa shape index (κ3) is 2.81. The lowest BCUT2D eigenvalue weighted by atomic mass is 10.2. The number of alkyl halides is 3. The van der Waals surface area contributed by atoms with Gasteiger partial charge in [0, 0.05) is 18.0 Å². The highest BCUT2D eigenvalue weighted by molar-refractivity contribution is 5.75. The van der Waals surface area contributed by atoms with Crippen LogP contribution in [0.3, 0.4) is 0 Å².